The number of thiophene rings is 1. The van der Waals surface area contributed by atoms with Gasteiger partial charge >= 0.3 is 5.69 Å². The number of nitrogens with one attached hydrogen (secondary N) is 2. The molecule has 0 unspecified atom stereocenters. The van der Waals surface area contributed by atoms with Crippen LogP contribution >= 0.6 is 23.1 Å². The Morgan fingerprint density at radius 1 is 1.46 bits per heavy atom. The number of anilines is 1. The molecule has 2 aromatic rings. The van der Waals surface area contributed by atoms with Crippen LogP contribution in [0.2, 0.25) is 0 Å². The van der Waals surface area contributed by atoms with E-state index in [4.69, 9.17) is 5.73 Å². The number of carbonyl (C=O) groups is 2. The van der Waals surface area contributed by atoms with Crippen molar-refractivity contribution in [2.75, 3.05) is 5.32 Å². The van der Waals surface area contributed by atoms with Crippen LogP contribution in [0.3, 0.4) is 0 Å². The van der Waals surface area contributed by atoms with Gasteiger partial charge in [0, 0.05) is 11.4 Å². The van der Waals surface area contributed by atoms with Gasteiger partial charge in [0.15, 0.2) is 5.16 Å². The maximum absolute atomic E-state index is 12.6. The Labute approximate surface area is 158 Å². The zero-order valence-electron chi connectivity index (χ0n) is 14.6. The van der Waals surface area contributed by atoms with Gasteiger partial charge in [0.05, 0.1) is 10.8 Å². The van der Waals surface area contributed by atoms with Crippen molar-refractivity contribution in [3.05, 3.63) is 26.5 Å². The van der Waals surface area contributed by atoms with Gasteiger partial charge in [-0.1, -0.05) is 18.7 Å². The van der Waals surface area contributed by atoms with Crippen LogP contribution in [0, 0.1) is 0 Å². The highest BCUT2D eigenvalue weighted by Crippen LogP contribution is 2.39. The number of hydrogen-bond donors (Lipinski definition) is 3. The van der Waals surface area contributed by atoms with Crippen LogP contribution in [0.15, 0.2) is 9.95 Å². The van der Waals surface area contributed by atoms with Crippen LogP contribution in [0.5, 0.6) is 0 Å². The predicted octanol–water partition coefficient (Wildman–Crippen LogP) is 1.75. The summed E-state index contributed by atoms with van der Waals surface area (Å²) in [7, 11) is 0. The number of rotatable bonds is 7. The molecule has 140 valence electrons. The molecule has 1 aliphatic carbocycles. The molecule has 0 saturated heterocycles. The maximum Gasteiger partial charge on any atom is 0.343 e. The van der Waals surface area contributed by atoms with E-state index in [-0.39, 0.29) is 11.6 Å². The zero-order chi connectivity index (χ0) is 18.8. The van der Waals surface area contributed by atoms with Crippen molar-refractivity contribution < 1.29 is 9.59 Å². The Morgan fingerprint density at radius 2 is 2.23 bits per heavy atom. The van der Waals surface area contributed by atoms with E-state index >= 15 is 0 Å². The number of aryl methyl sites for hydroxylation is 1. The minimum Gasteiger partial charge on any atom is -0.365 e. The van der Waals surface area contributed by atoms with Gasteiger partial charge in [0.2, 0.25) is 5.91 Å². The summed E-state index contributed by atoms with van der Waals surface area (Å²) in [4.78, 5) is 37.3. The number of hydrogen-bond acceptors (Lipinski definition) is 6. The average Bonchev–Trinajstić information content (AvgIpc) is 3.24. The largest absolute Gasteiger partial charge is 0.365 e. The summed E-state index contributed by atoms with van der Waals surface area (Å²) >= 11 is 2.63. The first-order chi connectivity index (χ1) is 12.4. The molecule has 2 heterocycles. The number of aromatic amines is 1. The zero-order valence-corrected chi connectivity index (χ0v) is 16.3. The monoisotopic (exact) mass is 395 g/mol. The molecule has 0 radical (unpaired) electrons. The number of thioether (sulfide) groups is 1. The lowest BCUT2D eigenvalue weighted by Gasteiger charge is -2.12. The average molecular weight is 396 g/mol. The molecular formula is C16H21N5O3S2. The molecule has 2 aromatic heterocycles. The molecule has 26 heavy (non-hydrogen) atoms. The van der Waals surface area contributed by atoms with Crippen LogP contribution in [-0.2, 0) is 24.2 Å². The standard InChI is InChI=1S/C16H21N5O3S2/c1-3-7-21-15(24)19-20-16(21)25-8(2)13(23)18-14-11(12(17)22)9-5-4-6-10(9)26-14/h8H,3-7H2,1-2H3,(H2,17,22)(H,18,23)(H,19,24)/t8-/m1/s1. The summed E-state index contributed by atoms with van der Waals surface area (Å²) < 4.78 is 1.52. The fourth-order valence-corrected chi connectivity index (χ4v) is 5.17. The number of amides is 2. The van der Waals surface area contributed by atoms with Gasteiger partial charge in [-0.05, 0) is 38.2 Å². The van der Waals surface area contributed by atoms with E-state index in [0.29, 0.717) is 22.3 Å². The molecule has 4 N–H and O–H groups in total. The van der Waals surface area contributed by atoms with Gasteiger partial charge in [-0.3, -0.25) is 14.2 Å². The summed E-state index contributed by atoms with van der Waals surface area (Å²) in [6.45, 7) is 4.24. The molecule has 0 aliphatic heterocycles. The molecule has 8 nitrogen and oxygen atoms in total. The summed E-state index contributed by atoms with van der Waals surface area (Å²) in [6.07, 6.45) is 3.53. The van der Waals surface area contributed by atoms with Gasteiger partial charge in [0.1, 0.15) is 5.00 Å². The number of nitrogens with zero attached hydrogens (tertiary/aromatic N) is 2. The van der Waals surface area contributed by atoms with E-state index in [1.165, 1.54) is 27.7 Å². The summed E-state index contributed by atoms with van der Waals surface area (Å²) in [6, 6.07) is 0. The lowest BCUT2D eigenvalue weighted by molar-refractivity contribution is -0.115. The first-order valence-corrected chi connectivity index (χ1v) is 10.2. The topological polar surface area (TPSA) is 123 Å². The third-order valence-corrected chi connectivity index (χ3v) is 6.52. The predicted molar refractivity (Wildman–Crippen MR) is 102 cm³/mol. The van der Waals surface area contributed by atoms with Crippen molar-refractivity contribution in [3.63, 3.8) is 0 Å². The van der Waals surface area contributed by atoms with Gasteiger partial charge in [0.25, 0.3) is 5.91 Å². The van der Waals surface area contributed by atoms with Gasteiger partial charge in [-0.2, -0.15) is 0 Å². The quantitative estimate of drug-likeness (QED) is 0.616. The Kier molecular flexibility index (Phi) is 5.52. The smallest absolute Gasteiger partial charge is 0.343 e. The van der Waals surface area contributed by atoms with Crippen LogP contribution in [0.1, 0.15) is 47.5 Å². The van der Waals surface area contributed by atoms with Crippen LogP contribution in [0.4, 0.5) is 5.00 Å². The first kappa shape index (κ1) is 18.7. The number of nitrogens with two attached hydrogens (primary N) is 1. The maximum atomic E-state index is 12.6. The van der Waals surface area contributed by atoms with Crippen LogP contribution in [-0.4, -0.2) is 31.8 Å². The molecule has 3 rings (SSSR count). The third kappa shape index (κ3) is 3.56. The molecule has 10 heteroatoms. The highest BCUT2D eigenvalue weighted by atomic mass is 32.2. The third-order valence-electron chi connectivity index (χ3n) is 4.23. The minimum atomic E-state index is -0.510. The summed E-state index contributed by atoms with van der Waals surface area (Å²) in [5.41, 5.74) is 6.65. The molecule has 0 aromatic carbocycles. The Hall–Kier alpha value is -2.07. The fraction of sp³-hybridized carbons (Fsp3) is 0.500. The highest BCUT2D eigenvalue weighted by Gasteiger charge is 2.27. The highest BCUT2D eigenvalue weighted by molar-refractivity contribution is 8.00. The van der Waals surface area contributed by atoms with E-state index in [0.717, 1.165) is 36.1 Å². The second kappa shape index (κ2) is 7.67. The SMILES string of the molecule is CCCn1c(S[C@H](C)C(=O)Nc2sc3c(c2C(N)=O)CCC3)n[nH]c1=O. The Morgan fingerprint density at radius 3 is 2.92 bits per heavy atom. The second-order valence-electron chi connectivity index (χ2n) is 6.14. The lowest BCUT2D eigenvalue weighted by atomic mass is 10.1. The van der Waals surface area contributed by atoms with E-state index in [2.05, 4.69) is 15.5 Å². The number of fused-ring (bicyclic) bond motifs is 1. The number of aromatic nitrogens is 3. The minimum absolute atomic E-state index is 0.254. The van der Waals surface area contributed by atoms with Gasteiger partial charge in [-0.25, -0.2) is 9.89 Å². The van der Waals surface area contributed by atoms with Crippen molar-refractivity contribution in [2.24, 2.45) is 5.73 Å². The van der Waals surface area contributed by atoms with Crippen molar-refractivity contribution >= 4 is 39.9 Å². The van der Waals surface area contributed by atoms with Crippen molar-refractivity contribution in [1.82, 2.24) is 14.8 Å². The molecular weight excluding hydrogens is 374 g/mol. The molecule has 0 fully saturated rings. The Bertz CT molecular complexity index is 898. The fourth-order valence-electron chi connectivity index (χ4n) is 2.99. The first-order valence-electron chi connectivity index (χ1n) is 8.49. The van der Waals surface area contributed by atoms with Crippen molar-refractivity contribution in [3.8, 4) is 0 Å². The summed E-state index contributed by atoms with van der Waals surface area (Å²) in [5, 5.41) is 9.74. The van der Waals surface area contributed by atoms with E-state index in [1.54, 1.807) is 6.92 Å². The molecule has 1 atom stereocenters. The molecule has 0 saturated carbocycles. The normalized spacial score (nSPS) is 14.2. The van der Waals surface area contributed by atoms with E-state index < -0.39 is 11.2 Å². The van der Waals surface area contributed by atoms with Crippen LogP contribution < -0.4 is 16.7 Å². The number of H-pyrrole nitrogens is 1. The Balaban J connectivity index is 1.75. The number of primary amides is 1. The van der Waals surface area contributed by atoms with Crippen molar-refractivity contribution in [1.29, 1.82) is 0 Å². The van der Waals surface area contributed by atoms with Crippen molar-refractivity contribution in [2.45, 2.75) is 56.5 Å². The molecule has 1 aliphatic rings. The molecule has 0 bridgehead atoms. The number of carbonyl (C=O) groups excluding carboxylic acids is 2. The van der Waals surface area contributed by atoms with E-state index in [9.17, 15) is 14.4 Å². The lowest BCUT2D eigenvalue weighted by Crippen LogP contribution is -2.25. The van der Waals surface area contributed by atoms with E-state index in [1.807, 2.05) is 6.92 Å². The van der Waals surface area contributed by atoms with Gasteiger partial charge < -0.3 is 11.1 Å². The molecule has 2 amide bonds. The summed E-state index contributed by atoms with van der Waals surface area (Å²) in [5.74, 6) is -0.764. The second-order valence-corrected chi connectivity index (χ2v) is 8.55. The van der Waals surface area contributed by atoms with Gasteiger partial charge in [-0.15, -0.1) is 16.4 Å². The molecule has 0 spiro atoms. The van der Waals surface area contributed by atoms with Crippen LogP contribution in [0.25, 0.3) is 0 Å².